The van der Waals surface area contributed by atoms with E-state index in [4.69, 9.17) is 16.4 Å². The maximum Gasteiger partial charge on any atom is 0.241 e. The lowest BCUT2D eigenvalue weighted by Crippen LogP contribution is -2.35. The number of benzene rings is 2. The molecule has 1 aromatic heterocycles. The fraction of sp³-hybridized carbons (Fsp3) is 0.407. The Labute approximate surface area is 221 Å². The lowest BCUT2D eigenvalue weighted by Gasteiger charge is -2.13. The highest BCUT2D eigenvalue weighted by molar-refractivity contribution is 6.30. The Bertz CT molecular complexity index is 1200. The second-order valence-corrected chi connectivity index (χ2v) is 9.40. The number of halogens is 2. The van der Waals surface area contributed by atoms with Crippen molar-refractivity contribution in [3.63, 3.8) is 0 Å². The fourth-order valence-corrected chi connectivity index (χ4v) is 4.79. The molecule has 10 heteroatoms. The predicted molar refractivity (Wildman–Crippen MR) is 144 cm³/mol. The molecule has 3 aromatic rings. The van der Waals surface area contributed by atoms with Gasteiger partial charge in [-0.25, -0.2) is 4.39 Å². The summed E-state index contributed by atoms with van der Waals surface area (Å²) >= 11 is 5.65. The highest BCUT2D eigenvalue weighted by atomic mass is 35.5. The molecular weight excluding hydrogens is 497 g/mol. The molecule has 0 aliphatic heterocycles. The lowest BCUT2D eigenvalue weighted by molar-refractivity contribution is -0.122. The number of rotatable bonds is 7. The third-order valence-corrected chi connectivity index (χ3v) is 6.36. The number of hydrogen-bond donors (Lipinski definition) is 3. The summed E-state index contributed by atoms with van der Waals surface area (Å²) in [5.74, 6) is 0.0946. The fourth-order valence-electron chi connectivity index (χ4n) is 4.50. The van der Waals surface area contributed by atoms with Crippen LogP contribution in [0.25, 0.3) is 10.9 Å². The van der Waals surface area contributed by atoms with Crippen molar-refractivity contribution in [3.05, 3.63) is 64.1 Å². The molecule has 1 saturated carbocycles. The average molecular weight is 532 g/mol. The minimum Gasteiger partial charge on any atom is -0.372 e. The van der Waals surface area contributed by atoms with Gasteiger partial charge in [0.15, 0.2) is 0 Å². The van der Waals surface area contributed by atoms with Crippen LogP contribution in [-0.2, 0) is 27.5 Å². The van der Waals surface area contributed by atoms with Crippen molar-refractivity contribution < 1.29 is 18.8 Å². The number of fused-ring (bicyclic) bond motifs is 1. The molecule has 200 valence electrons. The first-order valence-corrected chi connectivity index (χ1v) is 12.5. The third kappa shape index (κ3) is 8.94. The molecule has 1 fully saturated rings. The van der Waals surface area contributed by atoms with Crippen molar-refractivity contribution >= 4 is 41.1 Å². The first-order chi connectivity index (χ1) is 17.7. The maximum absolute atomic E-state index is 13.2. The number of amides is 2. The first kappa shape index (κ1) is 29.9. The first-order valence-electron chi connectivity index (χ1n) is 12.1. The molecule has 37 heavy (non-hydrogen) atoms. The number of aldehydes is 1. The number of nitrogens with zero attached hydrogens (tertiary/aromatic N) is 2. The molecule has 1 aliphatic carbocycles. The van der Waals surface area contributed by atoms with E-state index in [1.54, 1.807) is 23.9 Å². The van der Waals surface area contributed by atoms with Crippen molar-refractivity contribution in [2.24, 2.45) is 11.7 Å². The van der Waals surface area contributed by atoms with E-state index in [2.05, 4.69) is 21.5 Å². The van der Waals surface area contributed by atoms with Gasteiger partial charge in [0.2, 0.25) is 12.3 Å². The van der Waals surface area contributed by atoms with Gasteiger partial charge in [-0.05, 0) is 63.8 Å². The van der Waals surface area contributed by atoms with E-state index in [0.29, 0.717) is 24.4 Å². The van der Waals surface area contributed by atoms with E-state index in [1.807, 2.05) is 38.1 Å². The standard InChI is InChI=1S/C17H21N3O2.C9H11ClFN.CH3NO/c1-12-15-4-2-3-5-16(15)20(19-12)11-17(22)18-14-7-6-13(10-14)8-9-21;1-6-3-7(5-12-2)9(11)8(10)4-6;2-1-3/h2-5,9,13-14H,6-8,10-11H2,1H3,(H,18,22);3-4,12H,5H2,1-2H3;1H,(H2,2,3). The zero-order valence-corrected chi connectivity index (χ0v) is 22.2. The van der Waals surface area contributed by atoms with Crippen LogP contribution in [0.3, 0.4) is 0 Å². The van der Waals surface area contributed by atoms with Gasteiger partial charge in [-0.15, -0.1) is 0 Å². The summed E-state index contributed by atoms with van der Waals surface area (Å²) in [5.41, 5.74) is 7.69. The Kier molecular flexibility index (Phi) is 12.2. The number of para-hydroxylation sites is 1. The Balaban J connectivity index is 0.000000271. The third-order valence-electron chi connectivity index (χ3n) is 6.09. The molecule has 1 heterocycles. The Morgan fingerprint density at radius 2 is 1.95 bits per heavy atom. The van der Waals surface area contributed by atoms with Crippen LogP contribution in [0.5, 0.6) is 0 Å². The normalized spacial score (nSPS) is 16.2. The number of aryl methyl sites for hydroxylation is 2. The quantitative estimate of drug-likeness (QED) is 0.400. The summed E-state index contributed by atoms with van der Waals surface area (Å²) < 4.78 is 15.0. The summed E-state index contributed by atoms with van der Waals surface area (Å²) in [6, 6.07) is 11.5. The van der Waals surface area contributed by atoms with Crippen molar-refractivity contribution in [2.75, 3.05) is 7.05 Å². The number of aromatic nitrogens is 2. The average Bonchev–Trinajstić information content (AvgIpc) is 3.42. The molecule has 0 bridgehead atoms. The summed E-state index contributed by atoms with van der Waals surface area (Å²) in [6.45, 7) is 4.60. The van der Waals surface area contributed by atoms with Crippen LogP contribution >= 0.6 is 11.6 Å². The number of carbonyl (C=O) groups excluding carboxylic acids is 3. The molecule has 0 radical (unpaired) electrons. The monoisotopic (exact) mass is 531 g/mol. The molecule has 2 unspecified atom stereocenters. The summed E-state index contributed by atoms with van der Waals surface area (Å²) in [7, 11) is 1.77. The van der Waals surface area contributed by atoms with E-state index < -0.39 is 0 Å². The van der Waals surface area contributed by atoms with Gasteiger partial charge in [-0.2, -0.15) is 5.10 Å². The van der Waals surface area contributed by atoms with Gasteiger partial charge in [0.25, 0.3) is 0 Å². The molecule has 4 N–H and O–H groups in total. The summed E-state index contributed by atoms with van der Waals surface area (Å²) in [4.78, 5) is 31.4. The number of primary amides is 1. The molecule has 8 nitrogen and oxygen atoms in total. The minimum atomic E-state index is -0.323. The molecule has 4 rings (SSSR count). The number of hydrogen-bond acceptors (Lipinski definition) is 5. The summed E-state index contributed by atoms with van der Waals surface area (Å²) in [6.07, 6.45) is 4.73. The minimum absolute atomic E-state index is 0.00925. The molecule has 2 amide bonds. The highest BCUT2D eigenvalue weighted by Crippen LogP contribution is 2.27. The van der Waals surface area contributed by atoms with E-state index in [9.17, 15) is 14.0 Å². The molecule has 2 atom stereocenters. The van der Waals surface area contributed by atoms with Crippen LogP contribution in [0.1, 0.15) is 42.5 Å². The van der Waals surface area contributed by atoms with Crippen LogP contribution in [0.4, 0.5) is 4.39 Å². The van der Waals surface area contributed by atoms with Gasteiger partial charge in [0.05, 0.1) is 16.2 Å². The zero-order valence-electron chi connectivity index (χ0n) is 21.5. The summed E-state index contributed by atoms with van der Waals surface area (Å²) in [5, 5.41) is 11.7. The van der Waals surface area contributed by atoms with Gasteiger partial charge in [-0.3, -0.25) is 14.3 Å². The Morgan fingerprint density at radius 1 is 1.24 bits per heavy atom. The van der Waals surface area contributed by atoms with Gasteiger partial charge < -0.3 is 21.2 Å². The SMILES string of the molecule is CNCc1cc(C)cc(Cl)c1F.Cc1nn(CC(=O)NC2CCC(CC=O)C2)c2ccccc12.NC=O. The molecule has 0 saturated heterocycles. The van der Waals surface area contributed by atoms with Crippen LogP contribution < -0.4 is 16.4 Å². The number of carbonyl (C=O) groups is 3. The van der Waals surface area contributed by atoms with Crippen molar-refractivity contribution in [1.29, 1.82) is 0 Å². The maximum atomic E-state index is 13.2. The van der Waals surface area contributed by atoms with Crippen LogP contribution in [0, 0.1) is 25.6 Å². The highest BCUT2D eigenvalue weighted by Gasteiger charge is 2.25. The van der Waals surface area contributed by atoms with Gasteiger partial charge in [-0.1, -0.05) is 35.9 Å². The Hall–Kier alpha value is -3.30. The van der Waals surface area contributed by atoms with E-state index in [0.717, 1.165) is 47.7 Å². The Morgan fingerprint density at radius 3 is 2.62 bits per heavy atom. The molecule has 2 aromatic carbocycles. The van der Waals surface area contributed by atoms with Gasteiger partial charge in [0, 0.05) is 30.0 Å². The lowest BCUT2D eigenvalue weighted by atomic mass is 10.1. The van der Waals surface area contributed by atoms with Crippen molar-refractivity contribution in [1.82, 2.24) is 20.4 Å². The van der Waals surface area contributed by atoms with Crippen LogP contribution in [0.15, 0.2) is 36.4 Å². The van der Waals surface area contributed by atoms with Crippen molar-refractivity contribution in [2.45, 2.75) is 58.7 Å². The van der Waals surface area contributed by atoms with Gasteiger partial charge in [0.1, 0.15) is 18.6 Å². The second kappa shape index (κ2) is 15.1. The van der Waals surface area contributed by atoms with E-state index >= 15 is 0 Å². The zero-order chi connectivity index (χ0) is 27.4. The molecular formula is C27H35ClFN5O3. The molecule has 1 aliphatic rings. The number of nitrogens with one attached hydrogen (secondary N) is 2. The number of nitrogens with two attached hydrogens (primary N) is 1. The smallest absolute Gasteiger partial charge is 0.241 e. The van der Waals surface area contributed by atoms with Gasteiger partial charge >= 0.3 is 0 Å². The second-order valence-electron chi connectivity index (χ2n) is 8.99. The largest absolute Gasteiger partial charge is 0.372 e. The topological polar surface area (TPSA) is 119 Å². The van der Waals surface area contributed by atoms with Crippen molar-refractivity contribution in [3.8, 4) is 0 Å². The molecule has 0 spiro atoms. The van der Waals surface area contributed by atoms with E-state index in [1.165, 1.54) is 0 Å². The predicted octanol–water partition coefficient (Wildman–Crippen LogP) is 3.83. The van der Waals surface area contributed by atoms with Crippen LogP contribution in [0.2, 0.25) is 5.02 Å². The van der Waals surface area contributed by atoms with Crippen LogP contribution in [-0.4, -0.2) is 41.5 Å². The van der Waals surface area contributed by atoms with E-state index in [-0.39, 0.29) is 35.7 Å².